The number of H-pyrrole nitrogens is 1. The zero-order chi connectivity index (χ0) is 22.2. The Labute approximate surface area is 181 Å². The molecular weight excluding hydrogens is 416 g/mol. The largest absolute Gasteiger partial charge is 0.482 e. The Morgan fingerprint density at radius 3 is 2.91 bits per heavy atom. The summed E-state index contributed by atoms with van der Waals surface area (Å²) in [6.07, 6.45) is 2.22. The molecule has 1 fully saturated rings. The van der Waals surface area contributed by atoms with E-state index in [1.54, 1.807) is 18.2 Å². The molecule has 2 aliphatic rings. The van der Waals surface area contributed by atoms with Crippen molar-refractivity contribution in [3.8, 4) is 17.1 Å². The van der Waals surface area contributed by atoms with E-state index in [-0.39, 0.29) is 24.5 Å². The first kappa shape index (κ1) is 19.7. The molecule has 0 spiro atoms. The molecule has 11 nitrogen and oxygen atoms in total. The summed E-state index contributed by atoms with van der Waals surface area (Å²) < 4.78 is 5.33. The smallest absolute Gasteiger partial charge is 0.271 e. The number of nitrogens with zero attached hydrogens (tertiary/aromatic N) is 4. The highest BCUT2D eigenvalue weighted by Crippen LogP contribution is 2.38. The number of rotatable bonds is 6. The molecule has 5 rings (SSSR count). The Balaban J connectivity index is 1.32. The van der Waals surface area contributed by atoms with E-state index in [1.807, 2.05) is 6.07 Å². The molecule has 2 amide bonds. The summed E-state index contributed by atoms with van der Waals surface area (Å²) in [5.41, 5.74) is 1.25. The van der Waals surface area contributed by atoms with E-state index in [9.17, 15) is 19.7 Å². The molecule has 0 unspecified atom stereocenters. The number of nitro groups is 1. The van der Waals surface area contributed by atoms with Crippen LogP contribution < -0.4 is 15.0 Å². The molecule has 1 aromatic heterocycles. The Hall–Kier alpha value is -4.28. The van der Waals surface area contributed by atoms with Gasteiger partial charge in [-0.2, -0.15) is 5.10 Å². The van der Waals surface area contributed by atoms with Crippen LogP contribution in [-0.4, -0.2) is 45.1 Å². The second kappa shape index (κ2) is 7.76. The van der Waals surface area contributed by atoms with Crippen LogP contribution in [0.5, 0.6) is 5.75 Å². The molecule has 32 heavy (non-hydrogen) atoms. The molecule has 1 saturated carbocycles. The monoisotopic (exact) mass is 434 g/mol. The highest BCUT2D eigenvalue weighted by atomic mass is 16.6. The van der Waals surface area contributed by atoms with E-state index in [0.29, 0.717) is 23.2 Å². The summed E-state index contributed by atoms with van der Waals surface area (Å²) >= 11 is 0. The maximum atomic E-state index is 12.7. The van der Waals surface area contributed by atoms with Gasteiger partial charge in [0.2, 0.25) is 5.91 Å². The highest BCUT2D eigenvalue weighted by molar-refractivity contribution is 6.05. The summed E-state index contributed by atoms with van der Waals surface area (Å²) in [5.74, 6) is 1.25. The third kappa shape index (κ3) is 3.87. The number of non-ortho nitro benzene ring substituents is 1. The molecule has 1 aliphatic carbocycles. The van der Waals surface area contributed by atoms with Crippen LogP contribution in [0.15, 0.2) is 42.5 Å². The maximum Gasteiger partial charge on any atom is 0.271 e. The molecule has 1 aliphatic heterocycles. The molecule has 0 saturated heterocycles. The van der Waals surface area contributed by atoms with Crippen LogP contribution in [0.25, 0.3) is 11.4 Å². The number of ether oxygens (including phenoxy) is 1. The zero-order valence-corrected chi connectivity index (χ0v) is 16.8. The van der Waals surface area contributed by atoms with Crippen molar-refractivity contribution in [3.63, 3.8) is 0 Å². The minimum Gasteiger partial charge on any atom is -0.482 e. The summed E-state index contributed by atoms with van der Waals surface area (Å²) in [6, 6.07) is 11.0. The minimum atomic E-state index is -0.569. The van der Waals surface area contributed by atoms with Gasteiger partial charge in [0.25, 0.3) is 11.6 Å². The average molecular weight is 434 g/mol. The number of hydrogen-bond donors (Lipinski definition) is 2. The van der Waals surface area contributed by atoms with Crippen molar-refractivity contribution < 1.29 is 19.2 Å². The van der Waals surface area contributed by atoms with Crippen LogP contribution in [-0.2, 0) is 9.59 Å². The molecule has 2 aromatic carbocycles. The first-order valence-corrected chi connectivity index (χ1v) is 10.0. The number of aromatic nitrogens is 3. The topological polar surface area (TPSA) is 143 Å². The van der Waals surface area contributed by atoms with Gasteiger partial charge in [-0.3, -0.25) is 29.7 Å². The van der Waals surface area contributed by atoms with Crippen molar-refractivity contribution in [1.82, 2.24) is 15.2 Å². The number of benzene rings is 2. The number of amides is 2. The Morgan fingerprint density at radius 2 is 2.12 bits per heavy atom. The first-order chi connectivity index (χ1) is 15.5. The standard InChI is InChI=1S/C21H18N6O5/c28-18(10-26-16-9-15(27(30)31)6-7-17(16)32-11-19(26)29)22-14-3-1-2-13(8-14)21-23-20(24-25-21)12-4-5-12/h1-3,6-9,12H,4-5,10-11H2,(H,22,28)(H,23,24,25). The van der Waals surface area contributed by atoms with Crippen LogP contribution in [0, 0.1) is 10.1 Å². The number of aromatic amines is 1. The van der Waals surface area contributed by atoms with Crippen LogP contribution >= 0.6 is 0 Å². The van der Waals surface area contributed by atoms with Gasteiger partial charge in [-0.1, -0.05) is 12.1 Å². The second-order valence-electron chi connectivity index (χ2n) is 7.63. The molecular formula is C21H18N6O5. The predicted octanol–water partition coefficient (Wildman–Crippen LogP) is 2.62. The van der Waals surface area contributed by atoms with Gasteiger partial charge in [-0.25, -0.2) is 4.98 Å². The van der Waals surface area contributed by atoms with E-state index < -0.39 is 16.7 Å². The first-order valence-electron chi connectivity index (χ1n) is 10.0. The van der Waals surface area contributed by atoms with Gasteiger partial charge in [0, 0.05) is 29.3 Å². The van der Waals surface area contributed by atoms with Gasteiger partial charge in [-0.05, 0) is 31.0 Å². The van der Waals surface area contributed by atoms with Crippen LogP contribution in [0.4, 0.5) is 17.1 Å². The van der Waals surface area contributed by atoms with Crippen LogP contribution in [0.1, 0.15) is 24.6 Å². The Kier molecular flexibility index (Phi) is 4.77. The van der Waals surface area contributed by atoms with Crippen molar-refractivity contribution >= 4 is 28.9 Å². The van der Waals surface area contributed by atoms with E-state index in [0.717, 1.165) is 24.2 Å². The number of fused-ring (bicyclic) bond motifs is 1. The maximum absolute atomic E-state index is 12.7. The fourth-order valence-corrected chi connectivity index (χ4v) is 3.50. The van der Waals surface area contributed by atoms with Crippen molar-refractivity contribution in [3.05, 3.63) is 58.4 Å². The third-order valence-corrected chi connectivity index (χ3v) is 5.27. The molecule has 0 bridgehead atoms. The Morgan fingerprint density at radius 1 is 1.28 bits per heavy atom. The van der Waals surface area contributed by atoms with Crippen LogP contribution in [0.2, 0.25) is 0 Å². The Bertz CT molecular complexity index is 1230. The highest BCUT2D eigenvalue weighted by Gasteiger charge is 2.29. The molecule has 0 atom stereocenters. The number of nitro benzene ring substituents is 1. The van der Waals surface area contributed by atoms with E-state index >= 15 is 0 Å². The number of hydrogen-bond acceptors (Lipinski definition) is 7. The number of carbonyl (C=O) groups excluding carboxylic acids is 2. The number of carbonyl (C=O) groups is 2. The second-order valence-corrected chi connectivity index (χ2v) is 7.63. The van der Waals surface area contributed by atoms with Crippen LogP contribution in [0.3, 0.4) is 0 Å². The molecule has 0 radical (unpaired) electrons. The minimum absolute atomic E-state index is 0.188. The SMILES string of the molecule is O=C(CN1C(=O)COc2ccc([N+](=O)[O-])cc21)Nc1cccc(-c2n[nH]c(C3CC3)n2)c1. The quantitative estimate of drug-likeness (QED) is 0.448. The van der Waals surface area contributed by atoms with E-state index in [2.05, 4.69) is 20.5 Å². The molecule has 162 valence electrons. The lowest BCUT2D eigenvalue weighted by Gasteiger charge is -2.28. The van der Waals surface area contributed by atoms with Crippen molar-refractivity contribution in [2.45, 2.75) is 18.8 Å². The number of anilines is 2. The lowest BCUT2D eigenvalue weighted by molar-refractivity contribution is -0.384. The fraction of sp³-hybridized carbons (Fsp3) is 0.238. The van der Waals surface area contributed by atoms with Crippen molar-refractivity contribution in [1.29, 1.82) is 0 Å². The van der Waals surface area contributed by atoms with E-state index in [1.165, 1.54) is 23.1 Å². The molecule has 3 aromatic rings. The van der Waals surface area contributed by atoms with Gasteiger partial charge >= 0.3 is 0 Å². The van der Waals surface area contributed by atoms with Crippen molar-refractivity contribution in [2.24, 2.45) is 0 Å². The van der Waals surface area contributed by atoms with E-state index in [4.69, 9.17) is 4.74 Å². The summed E-state index contributed by atoms with van der Waals surface area (Å²) in [5, 5.41) is 21.1. The molecule has 11 heteroatoms. The summed E-state index contributed by atoms with van der Waals surface area (Å²) in [6.45, 7) is -0.561. The lowest BCUT2D eigenvalue weighted by atomic mass is 10.2. The van der Waals surface area contributed by atoms with Gasteiger partial charge < -0.3 is 10.1 Å². The molecule has 2 N–H and O–H groups in total. The van der Waals surface area contributed by atoms with Gasteiger partial charge in [0.05, 0.1) is 10.6 Å². The predicted molar refractivity (Wildman–Crippen MR) is 113 cm³/mol. The van der Waals surface area contributed by atoms with Gasteiger partial charge in [0.15, 0.2) is 12.4 Å². The van der Waals surface area contributed by atoms with Gasteiger partial charge in [0.1, 0.15) is 18.1 Å². The fourth-order valence-electron chi connectivity index (χ4n) is 3.50. The summed E-state index contributed by atoms with van der Waals surface area (Å²) in [4.78, 5) is 41.3. The van der Waals surface area contributed by atoms with Crippen molar-refractivity contribution in [2.75, 3.05) is 23.4 Å². The third-order valence-electron chi connectivity index (χ3n) is 5.27. The normalized spacial score (nSPS) is 15.1. The van der Waals surface area contributed by atoms with Gasteiger partial charge in [-0.15, -0.1) is 0 Å². The summed E-state index contributed by atoms with van der Waals surface area (Å²) in [7, 11) is 0. The lowest BCUT2D eigenvalue weighted by Crippen LogP contribution is -2.43. The number of nitrogens with one attached hydrogen (secondary N) is 2. The zero-order valence-electron chi connectivity index (χ0n) is 16.8. The molecule has 2 heterocycles. The average Bonchev–Trinajstić information content (AvgIpc) is 3.52.